The highest BCUT2D eigenvalue weighted by atomic mass is 35.5. The number of benzene rings is 1. The van der Waals surface area contributed by atoms with Gasteiger partial charge in [0.25, 0.3) is 0 Å². The number of aliphatic hydroxyl groups excluding tert-OH is 1. The van der Waals surface area contributed by atoms with Crippen molar-refractivity contribution >= 4 is 23.0 Å². The van der Waals surface area contributed by atoms with Crippen LogP contribution in [0.5, 0.6) is 0 Å². The third-order valence-corrected chi connectivity index (χ3v) is 2.82. The Labute approximate surface area is 87.9 Å². The molecular formula is C10H13ClN2O. The topological polar surface area (TPSA) is 58.3 Å². The Morgan fingerprint density at radius 2 is 2.14 bits per heavy atom. The largest absolute Gasteiger partial charge is 0.397 e. The minimum Gasteiger partial charge on any atom is -0.397 e. The quantitative estimate of drug-likeness (QED) is 0.656. The molecule has 4 N–H and O–H groups in total. The number of halogens is 1. The lowest BCUT2D eigenvalue weighted by Crippen LogP contribution is -2.39. The van der Waals surface area contributed by atoms with Crippen LogP contribution < -0.4 is 11.1 Å². The third-order valence-electron chi connectivity index (χ3n) is 2.51. The van der Waals surface area contributed by atoms with Gasteiger partial charge in [0.2, 0.25) is 0 Å². The number of nitrogens with two attached hydrogens (primary N) is 1. The van der Waals surface area contributed by atoms with Gasteiger partial charge in [0.05, 0.1) is 22.5 Å². The van der Waals surface area contributed by atoms with Crippen molar-refractivity contribution in [1.82, 2.24) is 0 Å². The van der Waals surface area contributed by atoms with Gasteiger partial charge in [-0.15, -0.1) is 0 Å². The van der Waals surface area contributed by atoms with Crippen LogP contribution in [0.15, 0.2) is 18.2 Å². The molecule has 0 aliphatic heterocycles. The van der Waals surface area contributed by atoms with E-state index in [1.54, 1.807) is 6.07 Å². The SMILES string of the molecule is Nc1cccc(Cl)c1NC1CC(O)C1. The first-order chi connectivity index (χ1) is 6.66. The zero-order valence-electron chi connectivity index (χ0n) is 7.70. The van der Waals surface area contributed by atoms with Gasteiger partial charge in [-0.25, -0.2) is 0 Å². The Hall–Kier alpha value is -0.930. The molecule has 3 nitrogen and oxygen atoms in total. The minimum atomic E-state index is -0.170. The number of para-hydroxylation sites is 1. The van der Waals surface area contributed by atoms with Crippen LogP contribution in [-0.2, 0) is 0 Å². The van der Waals surface area contributed by atoms with Crippen LogP contribution in [-0.4, -0.2) is 17.3 Å². The Morgan fingerprint density at radius 3 is 2.71 bits per heavy atom. The average Bonchev–Trinajstić information content (AvgIpc) is 2.08. The van der Waals surface area contributed by atoms with E-state index < -0.39 is 0 Å². The smallest absolute Gasteiger partial charge is 0.0765 e. The summed E-state index contributed by atoms with van der Waals surface area (Å²) in [4.78, 5) is 0. The summed E-state index contributed by atoms with van der Waals surface area (Å²) in [7, 11) is 0. The monoisotopic (exact) mass is 212 g/mol. The molecule has 1 saturated carbocycles. The first kappa shape index (κ1) is 9.62. The van der Waals surface area contributed by atoms with Crippen molar-refractivity contribution in [3.8, 4) is 0 Å². The molecule has 0 bridgehead atoms. The molecule has 0 radical (unpaired) electrons. The Bertz CT molecular complexity index is 317. The number of rotatable bonds is 2. The first-order valence-electron chi connectivity index (χ1n) is 4.65. The molecule has 1 aliphatic rings. The second-order valence-corrected chi connectivity index (χ2v) is 4.08. The van der Waals surface area contributed by atoms with E-state index in [0.717, 1.165) is 18.5 Å². The lowest BCUT2D eigenvalue weighted by Gasteiger charge is -2.33. The number of aliphatic hydroxyl groups is 1. The van der Waals surface area contributed by atoms with Crippen molar-refractivity contribution in [1.29, 1.82) is 0 Å². The summed E-state index contributed by atoms with van der Waals surface area (Å²) in [5, 5.41) is 13.0. The Balaban J connectivity index is 2.09. The highest BCUT2D eigenvalue weighted by Gasteiger charge is 2.27. The zero-order valence-corrected chi connectivity index (χ0v) is 8.46. The molecule has 0 spiro atoms. The molecule has 1 aliphatic carbocycles. The summed E-state index contributed by atoms with van der Waals surface area (Å²) in [6.45, 7) is 0. The summed E-state index contributed by atoms with van der Waals surface area (Å²) < 4.78 is 0. The second-order valence-electron chi connectivity index (χ2n) is 3.67. The molecule has 2 rings (SSSR count). The van der Waals surface area contributed by atoms with Crippen molar-refractivity contribution in [3.63, 3.8) is 0 Å². The van der Waals surface area contributed by atoms with Crippen LogP contribution in [0.2, 0.25) is 5.02 Å². The van der Waals surface area contributed by atoms with Crippen molar-refractivity contribution < 1.29 is 5.11 Å². The summed E-state index contributed by atoms with van der Waals surface area (Å²) >= 11 is 5.99. The van der Waals surface area contributed by atoms with Crippen LogP contribution in [0.25, 0.3) is 0 Å². The number of anilines is 2. The number of nitrogens with one attached hydrogen (secondary N) is 1. The normalized spacial score (nSPS) is 25.6. The zero-order chi connectivity index (χ0) is 10.1. The van der Waals surface area contributed by atoms with Gasteiger partial charge in [0, 0.05) is 6.04 Å². The fourth-order valence-electron chi connectivity index (χ4n) is 1.60. The van der Waals surface area contributed by atoms with Crippen LogP contribution in [0.1, 0.15) is 12.8 Å². The molecule has 1 aromatic rings. The first-order valence-corrected chi connectivity index (χ1v) is 5.03. The molecule has 0 aromatic heterocycles. The van der Waals surface area contributed by atoms with E-state index in [9.17, 15) is 0 Å². The number of nitrogen functional groups attached to an aromatic ring is 1. The molecule has 0 heterocycles. The van der Waals surface area contributed by atoms with Crippen LogP contribution in [0, 0.1) is 0 Å². The summed E-state index contributed by atoms with van der Waals surface area (Å²) in [6.07, 6.45) is 1.37. The maximum Gasteiger partial charge on any atom is 0.0765 e. The van der Waals surface area contributed by atoms with Gasteiger partial charge in [0.1, 0.15) is 0 Å². The van der Waals surface area contributed by atoms with E-state index in [1.165, 1.54) is 0 Å². The molecule has 0 saturated heterocycles. The molecule has 1 fully saturated rings. The standard InChI is InChI=1S/C10H13ClN2O/c11-8-2-1-3-9(12)10(8)13-6-4-7(14)5-6/h1-3,6-7,13-14H,4-5,12H2. The van der Waals surface area contributed by atoms with Gasteiger partial charge >= 0.3 is 0 Å². The van der Waals surface area contributed by atoms with Gasteiger partial charge in [-0.05, 0) is 25.0 Å². The van der Waals surface area contributed by atoms with Crippen molar-refractivity contribution in [2.75, 3.05) is 11.1 Å². The van der Waals surface area contributed by atoms with Gasteiger partial charge in [0.15, 0.2) is 0 Å². The molecule has 0 amide bonds. The van der Waals surface area contributed by atoms with E-state index in [-0.39, 0.29) is 6.10 Å². The summed E-state index contributed by atoms with van der Waals surface area (Å²) in [5.41, 5.74) is 7.21. The van der Waals surface area contributed by atoms with Gasteiger partial charge in [-0.1, -0.05) is 17.7 Å². The molecule has 14 heavy (non-hydrogen) atoms. The van der Waals surface area contributed by atoms with Crippen LogP contribution in [0.3, 0.4) is 0 Å². The summed E-state index contributed by atoms with van der Waals surface area (Å²) in [5.74, 6) is 0. The lowest BCUT2D eigenvalue weighted by atomic mass is 9.89. The predicted octanol–water partition coefficient (Wildman–Crippen LogP) is 1.86. The van der Waals surface area contributed by atoms with Crippen molar-refractivity contribution in [2.24, 2.45) is 0 Å². The van der Waals surface area contributed by atoms with Gasteiger partial charge in [-0.2, -0.15) is 0 Å². The van der Waals surface area contributed by atoms with Crippen LogP contribution in [0.4, 0.5) is 11.4 Å². The predicted molar refractivity (Wildman–Crippen MR) is 58.5 cm³/mol. The molecular weight excluding hydrogens is 200 g/mol. The van der Waals surface area contributed by atoms with E-state index in [0.29, 0.717) is 16.8 Å². The molecule has 1 aromatic carbocycles. The lowest BCUT2D eigenvalue weighted by molar-refractivity contribution is 0.0837. The number of hydrogen-bond donors (Lipinski definition) is 3. The minimum absolute atomic E-state index is 0.170. The Morgan fingerprint density at radius 1 is 1.43 bits per heavy atom. The molecule has 76 valence electrons. The fourth-order valence-corrected chi connectivity index (χ4v) is 1.84. The highest BCUT2D eigenvalue weighted by molar-refractivity contribution is 6.33. The molecule has 4 heteroatoms. The summed E-state index contributed by atoms with van der Waals surface area (Å²) in [6, 6.07) is 5.73. The Kier molecular flexibility index (Phi) is 2.52. The van der Waals surface area contributed by atoms with Crippen molar-refractivity contribution in [3.05, 3.63) is 23.2 Å². The number of hydrogen-bond acceptors (Lipinski definition) is 3. The maximum absolute atomic E-state index is 9.13. The van der Waals surface area contributed by atoms with Gasteiger partial charge < -0.3 is 16.2 Å². The van der Waals surface area contributed by atoms with E-state index in [1.807, 2.05) is 12.1 Å². The van der Waals surface area contributed by atoms with Crippen LogP contribution >= 0.6 is 11.6 Å². The molecule has 0 unspecified atom stereocenters. The maximum atomic E-state index is 9.13. The van der Waals surface area contributed by atoms with Crippen molar-refractivity contribution in [2.45, 2.75) is 25.0 Å². The molecule has 0 atom stereocenters. The fraction of sp³-hybridized carbons (Fsp3) is 0.400. The van der Waals surface area contributed by atoms with E-state index >= 15 is 0 Å². The van der Waals surface area contributed by atoms with Gasteiger partial charge in [-0.3, -0.25) is 0 Å². The van der Waals surface area contributed by atoms with E-state index in [2.05, 4.69) is 5.32 Å². The highest BCUT2D eigenvalue weighted by Crippen LogP contribution is 2.32. The second kappa shape index (κ2) is 3.67. The average molecular weight is 213 g/mol. The third kappa shape index (κ3) is 1.79. The van der Waals surface area contributed by atoms with E-state index in [4.69, 9.17) is 22.4 Å².